The van der Waals surface area contributed by atoms with Gasteiger partial charge in [0.25, 0.3) is 0 Å². The Balaban J connectivity index is 1.70. The second-order valence-corrected chi connectivity index (χ2v) is 12.1. The fraction of sp³-hybridized carbons (Fsp3) is 0.455. The fourth-order valence-electron chi connectivity index (χ4n) is 4.13. The molecular formula is C22H31NP+. The zero-order valence-electron chi connectivity index (χ0n) is 15.1. The van der Waals surface area contributed by atoms with Crippen molar-refractivity contribution in [3.63, 3.8) is 0 Å². The first-order valence-corrected chi connectivity index (χ1v) is 12.0. The number of aryl methyl sites for hydroxylation is 2. The van der Waals surface area contributed by atoms with E-state index in [4.69, 9.17) is 0 Å². The monoisotopic (exact) mass is 340 g/mol. The zero-order valence-corrected chi connectivity index (χ0v) is 16.0. The van der Waals surface area contributed by atoms with Gasteiger partial charge in [0, 0.05) is 45.8 Å². The predicted molar refractivity (Wildman–Crippen MR) is 109 cm³/mol. The first-order valence-electron chi connectivity index (χ1n) is 9.30. The van der Waals surface area contributed by atoms with Gasteiger partial charge in [-0.3, -0.25) is 0 Å². The molecular weight excluding hydrogens is 309 g/mol. The van der Waals surface area contributed by atoms with Crippen molar-refractivity contribution in [1.29, 1.82) is 0 Å². The minimum atomic E-state index is -0.967. The van der Waals surface area contributed by atoms with Crippen LogP contribution in [0, 0.1) is 5.92 Å². The Kier molecular flexibility index (Phi) is 6.09. The normalized spacial score (nSPS) is 21.1. The van der Waals surface area contributed by atoms with E-state index in [1.54, 1.807) is 0 Å². The highest BCUT2D eigenvalue weighted by molar-refractivity contribution is 7.75. The van der Waals surface area contributed by atoms with Crippen molar-refractivity contribution >= 4 is 7.26 Å². The second kappa shape index (κ2) is 8.28. The Morgan fingerprint density at radius 2 is 1.33 bits per heavy atom. The molecule has 2 heteroatoms. The molecule has 1 nitrogen and oxygen atoms in total. The van der Waals surface area contributed by atoms with Crippen LogP contribution < -0.4 is 5.32 Å². The smallest absolute Gasteiger partial charge is 0.0856 e. The molecule has 0 spiro atoms. The van der Waals surface area contributed by atoms with Crippen molar-refractivity contribution < 1.29 is 0 Å². The Morgan fingerprint density at radius 1 is 0.833 bits per heavy atom. The van der Waals surface area contributed by atoms with Gasteiger partial charge < -0.3 is 5.32 Å². The van der Waals surface area contributed by atoms with Crippen LogP contribution in [-0.4, -0.2) is 37.7 Å². The summed E-state index contributed by atoms with van der Waals surface area (Å²) in [6, 6.07) is 22.1. The van der Waals surface area contributed by atoms with Crippen LogP contribution in [0.15, 0.2) is 60.7 Å². The lowest BCUT2D eigenvalue weighted by atomic mass is 10.1. The zero-order chi connectivity index (χ0) is 16.8. The van der Waals surface area contributed by atoms with Crippen LogP contribution in [0.25, 0.3) is 0 Å². The molecule has 128 valence electrons. The van der Waals surface area contributed by atoms with Gasteiger partial charge in [-0.2, -0.15) is 0 Å². The van der Waals surface area contributed by atoms with Crippen LogP contribution in [0.2, 0.25) is 0 Å². The molecule has 3 rings (SSSR count). The van der Waals surface area contributed by atoms with E-state index in [9.17, 15) is 0 Å². The Morgan fingerprint density at radius 3 is 1.75 bits per heavy atom. The highest BCUT2D eigenvalue weighted by Crippen LogP contribution is 2.62. The van der Waals surface area contributed by atoms with Crippen LogP contribution in [0.4, 0.5) is 0 Å². The van der Waals surface area contributed by atoms with E-state index >= 15 is 0 Å². The van der Waals surface area contributed by atoms with Crippen molar-refractivity contribution in [2.45, 2.75) is 25.4 Å². The van der Waals surface area contributed by atoms with Crippen molar-refractivity contribution in [2.24, 2.45) is 5.92 Å². The first-order chi connectivity index (χ1) is 11.7. The predicted octanol–water partition coefficient (Wildman–Crippen LogP) is 4.73. The third-order valence-corrected chi connectivity index (χ3v) is 10.6. The van der Waals surface area contributed by atoms with Gasteiger partial charge in [0.2, 0.25) is 0 Å². The minimum Gasteiger partial charge on any atom is -0.312 e. The van der Waals surface area contributed by atoms with Gasteiger partial charge in [-0.15, -0.1) is 0 Å². The number of hydrogen-bond donors (Lipinski definition) is 1. The van der Waals surface area contributed by atoms with Gasteiger partial charge in [-0.05, 0) is 11.1 Å². The van der Waals surface area contributed by atoms with Crippen molar-refractivity contribution in [1.82, 2.24) is 5.32 Å². The van der Waals surface area contributed by atoms with Crippen molar-refractivity contribution in [3.8, 4) is 0 Å². The molecule has 0 bridgehead atoms. The first kappa shape index (κ1) is 17.6. The highest BCUT2D eigenvalue weighted by Gasteiger charge is 2.45. The standard InChI is InChI=1S/C22H31NP/c1-19-17-23-18-22(19)24(2,15-13-20-9-5-3-6-10-20)16-14-21-11-7-4-8-12-21/h3-12,19,22-23H,13-18H2,1-2H3/q+1. The molecule has 2 aromatic rings. The molecule has 0 saturated carbocycles. The second-order valence-electron chi connectivity index (χ2n) is 7.60. The van der Waals surface area contributed by atoms with E-state index in [-0.39, 0.29) is 0 Å². The Hall–Kier alpha value is -1.17. The van der Waals surface area contributed by atoms with Crippen molar-refractivity contribution in [2.75, 3.05) is 32.1 Å². The van der Waals surface area contributed by atoms with E-state index in [2.05, 4.69) is 79.6 Å². The van der Waals surface area contributed by atoms with Gasteiger partial charge in [-0.25, -0.2) is 0 Å². The van der Waals surface area contributed by atoms with E-state index in [0.29, 0.717) is 0 Å². The maximum atomic E-state index is 3.65. The molecule has 0 radical (unpaired) electrons. The molecule has 1 aliphatic heterocycles. The Labute approximate surface area is 148 Å². The molecule has 0 aliphatic carbocycles. The molecule has 0 aromatic heterocycles. The minimum absolute atomic E-state index is 0.829. The number of hydrogen-bond acceptors (Lipinski definition) is 1. The number of rotatable bonds is 7. The summed E-state index contributed by atoms with van der Waals surface area (Å²) in [6.07, 6.45) is 5.26. The maximum absolute atomic E-state index is 3.65. The Bertz CT molecular complexity index is 567. The average molecular weight is 340 g/mol. The summed E-state index contributed by atoms with van der Waals surface area (Å²) in [4.78, 5) is 0. The molecule has 1 N–H and O–H groups in total. The van der Waals surface area contributed by atoms with E-state index < -0.39 is 7.26 Å². The quantitative estimate of drug-likeness (QED) is 0.719. The summed E-state index contributed by atoms with van der Waals surface area (Å²) in [5.74, 6) is 0.829. The average Bonchev–Trinajstić information content (AvgIpc) is 3.07. The summed E-state index contributed by atoms with van der Waals surface area (Å²) in [7, 11) is -0.967. The molecule has 1 fully saturated rings. The lowest BCUT2D eigenvalue weighted by molar-refractivity contribution is 0.651. The van der Waals surface area contributed by atoms with Gasteiger partial charge in [0.1, 0.15) is 0 Å². The molecule has 2 unspecified atom stereocenters. The van der Waals surface area contributed by atoms with Crippen LogP contribution in [-0.2, 0) is 12.8 Å². The van der Waals surface area contributed by atoms with E-state index in [1.165, 1.54) is 49.4 Å². The van der Waals surface area contributed by atoms with E-state index in [1.807, 2.05) is 0 Å². The van der Waals surface area contributed by atoms with Crippen LogP contribution in [0.3, 0.4) is 0 Å². The number of benzene rings is 2. The topological polar surface area (TPSA) is 12.0 Å². The lowest BCUT2D eigenvalue weighted by Gasteiger charge is -2.31. The largest absolute Gasteiger partial charge is 0.312 e. The van der Waals surface area contributed by atoms with Crippen LogP contribution in [0.1, 0.15) is 18.1 Å². The SMILES string of the molecule is CC1CNCC1[P+](C)(CCc1ccccc1)CCc1ccccc1. The van der Waals surface area contributed by atoms with Gasteiger partial charge in [-0.1, -0.05) is 67.6 Å². The van der Waals surface area contributed by atoms with Gasteiger partial charge in [0.05, 0.1) is 18.0 Å². The molecule has 1 heterocycles. The van der Waals surface area contributed by atoms with Crippen molar-refractivity contribution in [3.05, 3.63) is 71.8 Å². The highest BCUT2D eigenvalue weighted by atomic mass is 31.2. The van der Waals surface area contributed by atoms with Gasteiger partial charge in [0.15, 0.2) is 0 Å². The third-order valence-electron chi connectivity index (χ3n) is 5.79. The van der Waals surface area contributed by atoms with Crippen LogP contribution >= 0.6 is 7.26 Å². The molecule has 2 atom stereocenters. The lowest BCUT2D eigenvalue weighted by Crippen LogP contribution is -2.26. The molecule has 0 amide bonds. The summed E-state index contributed by atoms with van der Waals surface area (Å²) < 4.78 is 0. The summed E-state index contributed by atoms with van der Waals surface area (Å²) in [5.41, 5.74) is 3.90. The molecule has 2 aromatic carbocycles. The summed E-state index contributed by atoms with van der Waals surface area (Å²) >= 11 is 0. The summed E-state index contributed by atoms with van der Waals surface area (Å²) in [5, 5.41) is 3.65. The third kappa shape index (κ3) is 4.47. The summed E-state index contributed by atoms with van der Waals surface area (Å²) in [6.45, 7) is 7.53. The fourth-order valence-corrected chi connectivity index (χ4v) is 8.46. The van der Waals surface area contributed by atoms with Crippen LogP contribution in [0.5, 0.6) is 0 Å². The van der Waals surface area contributed by atoms with Gasteiger partial charge >= 0.3 is 0 Å². The molecule has 24 heavy (non-hydrogen) atoms. The number of nitrogens with one attached hydrogen (secondary N) is 1. The maximum Gasteiger partial charge on any atom is 0.0856 e. The molecule has 1 saturated heterocycles. The molecule has 1 aliphatic rings. The van der Waals surface area contributed by atoms with E-state index in [0.717, 1.165) is 11.6 Å².